The van der Waals surface area contributed by atoms with Crippen LogP contribution in [-0.4, -0.2) is 49.2 Å². The van der Waals surface area contributed by atoms with Gasteiger partial charge in [0, 0.05) is 24.8 Å². The van der Waals surface area contributed by atoms with Crippen molar-refractivity contribution in [1.82, 2.24) is 19.8 Å². The minimum absolute atomic E-state index is 0.216. The maximum atomic E-state index is 12.3. The number of aryl methyl sites for hydroxylation is 1. The lowest BCUT2D eigenvalue weighted by atomic mass is 10.2. The molecule has 0 spiro atoms. The fourth-order valence-electron chi connectivity index (χ4n) is 1.59. The number of aromatic nitrogens is 2. The summed E-state index contributed by atoms with van der Waals surface area (Å²) in [6.45, 7) is 2.71. The number of nitrogens with one attached hydrogen (secondary N) is 2. The summed E-state index contributed by atoms with van der Waals surface area (Å²) in [5.41, 5.74) is 0.853. The van der Waals surface area contributed by atoms with Crippen molar-refractivity contribution in [2.75, 3.05) is 20.1 Å². The number of nitrogens with zero attached hydrogens (tertiary/aromatic N) is 2. The molecule has 1 aromatic rings. The zero-order chi connectivity index (χ0) is 15.6. The molecular weight excluding hydrogens is 297 g/mol. The number of rotatable bonds is 6. The molecule has 0 aliphatic carbocycles. The molecule has 1 heterocycles. The summed E-state index contributed by atoms with van der Waals surface area (Å²) in [5, 5.41) is 8.68. The van der Waals surface area contributed by atoms with Crippen LogP contribution >= 0.6 is 0 Å². The van der Waals surface area contributed by atoms with Crippen LogP contribution in [0, 0.1) is 6.92 Å². The molecule has 0 atom stereocenters. The first-order valence-electron chi connectivity index (χ1n) is 5.87. The zero-order valence-electron chi connectivity index (χ0n) is 11.4. The van der Waals surface area contributed by atoms with Crippen molar-refractivity contribution in [3.63, 3.8) is 0 Å². The van der Waals surface area contributed by atoms with Gasteiger partial charge in [0.15, 0.2) is 5.03 Å². The van der Waals surface area contributed by atoms with E-state index >= 15 is 0 Å². The molecule has 0 saturated heterocycles. The Morgan fingerprint density at radius 1 is 1.40 bits per heavy atom. The Bertz CT molecular complexity index is 553. The number of halogens is 3. The third-order valence-corrected chi connectivity index (χ3v) is 4.42. The highest BCUT2D eigenvalue weighted by atomic mass is 32.2. The molecule has 0 amide bonds. The van der Waals surface area contributed by atoms with E-state index in [1.165, 1.54) is 0 Å². The van der Waals surface area contributed by atoms with Crippen molar-refractivity contribution >= 4 is 10.0 Å². The third kappa shape index (κ3) is 3.93. The number of hydrogen-bond acceptors (Lipinski definition) is 4. The molecule has 0 saturated carbocycles. The molecule has 0 aliphatic rings. The summed E-state index contributed by atoms with van der Waals surface area (Å²) in [6.07, 6.45) is -4.60. The minimum atomic E-state index is -4.60. The van der Waals surface area contributed by atoms with E-state index < -0.39 is 22.7 Å². The largest absolute Gasteiger partial charge is 0.402 e. The van der Waals surface area contributed by atoms with E-state index in [2.05, 4.69) is 15.5 Å². The zero-order valence-corrected chi connectivity index (χ0v) is 12.2. The molecular formula is C10H17F3N4O2S. The molecule has 116 valence electrons. The minimum Gasteiger partial charge on any atom is -0.313 e. The van der Waals surface area contributed by atoms with Gasteiger partial charge < -0.3 is 5.32 Å². The van der Waals surface area contributed by atoms with E-state index in [-0.39, 0.29) is 15.9 Å². The van der Waals surface area contributed by atoms with Gasteiger partial charge in [0.05, 0.1) is 0 Å². The third-order valence-electron chi connectivity index (χ3n) is 2.64. The van der Waals surface area contributed by atoms with Crippen LogP contribution in [0.4, 0.5) is 13.2 Å². The van der Waals surface area contributed by atoms with Gasteiger partial charge in [-0.2, -0.15) is 22.6 Å². The fourth-order valence-corrected chi connectivity index (χ4v) is 2.90. The molecule has 20 heavy (non-hydrogen) atoms. The van der Waals surface area contributed by atoms with Crippen molar-refractivity contribution in [2.24, 2.45) is 0 Å². The van der Waals surface area contributed by atoms with Gasteiger partial charge in [-0.15, -0.1) is 0 Å². The summed E-state index contributed by atoms with van der Waals surface area (Å²) in [7, 11) is -3.40. The second-order valence-electron chi connectivity index (χ2n) is 4.29. The highest BCUT2D eigenvalue weighted by Gasteiger charge is 2.37. The Labute approximate surface area is 115 Å². The maximum absolute atomic E-state index is 12.3. The van der Waals surface area contributed by atoms with E-state index in [0.29, 0.717) is 17.8 Å². The molecule has 6 nitrogen and oxygen atoms in total. The van der Waals surface area contributed by atoms with Crippen LogP contribution in [0.25, 0.3) is 0 Å². The summed E-state index contributed by atoms with van der Waals surface area (Å²) >= 11 is 0. The summed E-state index contributed by atoms with van der Waals surface area (Å²) in [4.78, 5) is 0. The first-order chi connectivity index (χ1) is 9.09. The summed E-state index contributed by atoms with van der Waals surface area (Å²) < 4.78 is 61.4. The SMILES string of the molecule is CCNCc1c(S(=O)(=O)N(C)CC(F)(F)F)n[nH]c1C. The number of aromatic amines is 1. The Morgan fingerprint density at radius 3 is 2.50 bits per heavy atom. The lowest BCUT2D eigenvalue weighted by molar-refractivity contribution is -0.134. The van der Waals surface area contributed by atoms with E-state index in [0.717, 1.165) is 7.05 Å². The summed E-state index contributed by atoms with van der Waals surface area (Å²) in [6, 6.07) is 0. The van der Waals surface area contributed by atoms with Gasteiger partial charge in [0.1, 0.15) is 6.54 Å². The topological polar surface area (TPSA) is 78.1 Å². The van der Waals surface area contributed by atoms with Crippen LogP contribution in [0.2, 0.25) is 0 Å². The monoisotopic (exact) mass is 314 g/mol. The Morgan fingerprint density at radius 2 is 2.00 bits per heavy atom. The molecule has 0 radical (unpaired) electrons. The molecule has 0 bridgehead atoms. The van der Waals surface area contributed by atoms with E-state index in [9.17, 15) is 21.6 Å². The molecule has 2 N–H and O–H groups in total. The van der Waals surface area contributed by atoms with Gasteiger partial charge in [-0.25, -0.2) is 8.42 Å². The summed E-state index contributed by atoms with van der Waals surface area (Å²) in [5.74, 6) is 0. The predicted molar refractivity (Wildman–Crippen MR) is 66.6 cm³/mol. The van der Waals surface area contributed by atoms with Crippen LogP contribution in [0.5, 0.6) is 0 Å². The molecule has 0 unspecified atom stereocenters. The van der Waals surface area contributed by atoms with E-state index in [1.807, 2.05) is 6.92 Å². The van der Waals surface area contributed by atoms with Crippen molar-refractivity contribution in [1.29, 1.82) is 0 Å². The van der Waals surface area contributed by atoms with Crippen molar-refractivity contribution in [3.8, 4) is 0 Å². The highest BCUT2D eigenvalue weighted by Crippen LogP contribution is 2.23. The number of H-pyrrole nitrogens is 1. The smallest absolute Gasteiger partial charge is 0.313 e. The number of sulfonamides is 1. The number of alkyl halides is 3. The second kappa shape index (κ2) is 6.10. The standard InChI is InChI=1S/C10H17F3N4O2S/c1-4-14-5-8-7(2)15-16-9(8)20(18,19)17(3)6-10(11,12)13/h14H,4-6H2,1-3H3,(H,15,16). The molecule has 1 rings (SSSR count). The quantitative estimate of drug-likeness (QED) is 0.821. The Hall–Kier alpha value is -1.13. The first kappa shape index (κ1) is 16.9. The average molecular weight is 314 g/mol. The Balaban J connectivity index is 3.09. The lowest BCUT2D eigenvalue weighted by Gasteiger charge is -2.18. The first-order valence-corrected chi connectivity index (χ1v) is 7.31. The average Bonchev–Trinajstić information content (AvgIpc) is 2.66. The second-order valence-corrected chi connectivity index (χ2v) is 6.25. The van der Waals surface area contributed by atoms with Crippen LogP contribution in [0.15, 0.2) is 5.03 Å². The molecule has 0 aliphatic heterocycles. The van der Waals surface area contributed by atoms with Gasteiger partial charge in [0.25, 0.3) is 10.0 Å². The van der Waals surface area contributed by atoms with E-state index in [1.54, 1.807) is 6.92 Å². The fraction of sp³-hybridized carbons (Fsp3) is 0.700. The van der Waals surface area contributed by atoms with Crippen molar-refractivity contribution < 1.29 is 21.6 Å². The van der Waals surface area contributed by atoms with Gasteiger partial charge in [-0.3, -0.25) is 5.10 Å². The van der Waals surface area contributed by atoms with Gasteiger partial charge in [-0.1, -0.05) is 6.92 Å². The van der Waals surface area contributed by atoms with E-state index in [4.69, 9.17) is 0 Å². The maximum Gasteiger partial charge on any atom is 0.402 e. The van der Waals surface area contributed by atoms with Crippen LogP contribution in [-0.2, 0) is 16.6 Å². The number of hydrogen-bond donors (Lipinski definition) is 2. The van der Waals surface area contributed by atoms with Crippen LogP contribution in [0.1, 0.15) is 18.2 Å². The molecule has 0 aromatic carbocycles. The lowest BCUT2D eigenvalue weighted by Crippen LogP contribution is -2.36. The normalized spacial score (nSPS) is 13.2. The van der Waals surface area contributed by atoms with Crippen molar-refractivity contribution in [3.05, 3.63) is 11.3 Å². The predicted octanol–water partition coefficient (Wildman–Crippen LogP) is 1.01. The molecule has 0 fully saturated rings. The van der Waals surface area contributed by atoms with Crippen molar-refractivity contribution in [2.45, 2.75) is 31.6 Å². The highest BCUT2D eigenvalue weighted by molar-refractivity contribution is 7.89. The molecule has 1 aromatic heterocycles. The van der Waals surface area contributed by atoms with Gasteiger partial charge in [-0.05, 0) is 13.5 Å². The Kier molecular flexibility index (Phi) is 5.16. The van der Waals surface area contributed by atoms with Crippen LogP contribution < -0.4 is 5.32 Å². The van der Waals surface area contributed by atoms with Gasteiger partial charge >= 0.3 is 6.18 Å². The van der Waals surface area contributed by atoms with Crippen LogP contribution in [0.3, 0.4) is 0 Å². The molecule has 10 heteroatoms. The van der Waals surface area contributed by atoms with Gasteiger partial charge in [0.2, 0.25) is 0 Å².